The Morgan fingerprint density at radius 1 is 1.37 bits per heavy atom. The number of nitrogens with zero attached hydrogens (tertiary/aromatic N) is 4. The third-order valence-electron chi connectivity index (χ3n) is 5.11. The number of hydrogen-bond donors (Lipinski definition) is 1. The number of likely N-dealkylation sites (tertiary alicyclic amines) is 1. The maximum absolute atomic E-state index is 13.1. The molecule has 1 N–H and O–H groups in total. The Labute approximate surface area is 162 Å². The molecule has 1 aliphatic heterocycles. The Morgan fingerprint density at radius 3 is 2.93 bits per heavy atom. The molecular formula is C19H21N5O2S. The predicted octanol–water partition coefficient (Wildman–Crippen LogP) is 3.05. The van der Waals surface area contributed by atoms with E-state index in [1.807, 2.05) is 46.8 Å². The molecule has 4 rings (SSSR count). The van der Waals surface area contributed by atoms with Crippen LogP contribution in [0.2, 0.25) is 0 Å². The van der Waals surface area contributed by atoms with E-state index in [9.17, 15) is 4.79 Å². The fourth-order valence-electron chi connectivity index (χ4n) is 3.69. The lowest BCUT2D eigenvalue weighted by Gasteiger charge is -2.32. The van der Waals surface area contributed by atoms with Gasteiger partial charge in [-0.2, -0.15) is 5.10 Å². The van der Waals surface area contributed by atoms with Crippen molar-refractivity contribution in [1.82, 2.24) is 24.6 Å². The Balaban J connectivity index is 1.63. The lowest BCUT2D eigenvalue weighted by Crippen LogP contribution is -2.40. The standard InChI is InChI=1S/C19H21N5O2S/c1-23-16(21-22-19(23)27)13-7-5-9-24(11-13)18(25)15-10-12-6-3-4-8-14(12)17(20-15)26-2/h3-4,6,8,10,13H,5,7,9,11H2,1-2H3,(H,22,27). The molecule has 1 amide bonds. The van der Waals surface area contributed by atoms with E-state index in [1.54, 1.807) is 7.11 Å². The maximum atomic E-state index is 13.1. The van der Waals surface area contributed by atoms with Crippen LogP contribution in [0.3, 0.4) is 0 Å². The molecule has 0 aliphatic carbocycles. The lowest BCUT2D eigenvalue weighted by molar-refractivity contribution is 0.0697. The summed E-state index contributed by atoms with van der Waals surface area (Å²) in [5.41, 5.74) is 0.404. The van der Waals surface area contributed by atoms with Crippen LogP contribution in [-0.4, -0.2) is 50.8 Å². The second-order valence-corrected chi connectivity index (χ2v) is 7.16. The average molecular weight is 383 g/mol. The summed E-state index contributed by atoms with van der Waals surface area (Å²) < 4.78 is 7.88. The van der Waals surface area contributed by atoms with Crippen molar-refractivity contribution < 1.29 is 9.53 Å². The first-order valence-electron chi connectivity index (χ1n) is 8.93. The highest BCUT2D eigenvalue weighted by atomic mass is 32.1. The topological polar surface area (TPSA) is 76.0 Å². The molecule has 2 aromatic heterocycles. The molecule has 27 heavy (non-hydrogen) atoms. The van der Waals surface area contributed by atoms with E-state index >= 15 is 0 Å². The molecule has 8 heteroatoms. The number of carbonyl (C=O) groups excluding carboxylic acids is 1. The summed E-state index contributed by atoms with van der Waals surface area (Å²) in [6.45, 7) is 1.31. The van der Waals surface area contributed by atoms with Crippen molar-refractivity contribution in [3.63, 3.8) is 0 Å². The number of benzene rings is 1. The number of methoxy groups -OCH3 is 1. The van der Waals surface area contributed by atoms with Gasteiger partial charge in [0.2, 0.25) is 5.88 Å². The maximum Gasteiger partial charge on any atom is 0.272 e. The van der Waals surface area contributed by atoms with Gasteiger partial charge in [-0.15, -0.1) is 0 Å². The molecule has 1 aliphatic rings. The Kier molecular flexibility index (Phi) is 4.65. The molecule has 0 bridgehead atoms. The zero-order valence-electron chi connectivity index (χ0n) is 15.3. The third kappa shape index (κ3) is 3.21. The number of carbonyl (C=O) groups is 1. The summed E-state index contributed by atoms with van der Waals surface area (Å²) in [5.74, 6) is 1.43. The SMILES string of the molecule is COc1nc(C(=O)N2CCCC(c3n[nH]c(=S)n3C)C2)cc2ccccc12. The van der Waals surface area contributed by atoms with Crippen molar-refractivity contribution in [3.8, 4) is 5.88 Å². The first kappa shape index (κ1) is 17.7. The smallest absolute Gasteiger partial charge is 0.272 e. The summed E-state index contributed by atoms with van der Waals surface area (Å²) in [6, 6.07) is 9.61. The molecule has 0 radical (unpaired) electrons. The highest BCUT2D eigenvalue weighted by Crippen LogP contribution is 2.28. The Bertz CT molecular complexity index is 1060. The molecule has 7 nitrogen and oxygen atoms in total. The highest BCUT2D eigenvalue weighted by molar-refractivity contribution is 7.71. The number of aromatic amines is 1. The number of amides is 1. The lowest BCUT2D eigenvalue weighted by atomic mass is 9.96. The van der Waals surface area contributed by atoms with Crippen LogP contribution in [0.25, 0.3) is 10.8 Å². The van der Waals surface area contributed by atoms with E-state index in [4.69, 9.17) is 17.0 Å². The van der Waals surface area contributed by atoms with E-state index in [0.29, 0.717) is 29.4 Å². The van der Waals surface area contributed by atoms with Gasteiger partial charge in [0.1, 0.15) is 11.5 Å². The van der Waals surface area contributed by atoms with Gasteiger partial charge in [0.25, 0.3) is 5.91 Å². The van der Waals surface area contributed by atoms with Crippen LogP contribution in [0, 0.1) is 4.77 Å². The molecule has 3 aromatic rings. The first-order chi connectivity index (χ1) is 13.1. The number of pyridine rings is 1. The number of nitrogens with one attached hydrogen (secondary N) is 1. The van der Waals surface area contributed by atoms with Crippen molar-refractivity contribution in [2.75, 3.05) is 20.2 Å². The minimum Gasteiger partial charge on any atom is -0.481 e. The van der Waals surface area contributed by atoms with Crippen LogP contribution in [0.5, 0.6) is 5.88 Å². The molecule has 140 valence electrons. The summed E-state index contributed by atoms with van der Waals surface area (Å²) in [4.78, 5) is 19.4. The molecule has 1 aromatic carbocycles. The van der Waals surface area contributed by atoms with E-state index in [-0.39, 0.29) is 11.8 Å². The average Bonchev–Trinajstić information content (AvgIpc) is 3.05. The van der Waals surface area contributed by atoms with E-state index in [1.165, 1.54) is 0 Å². The fraction of sp³-hybridized carbons (Fsp3) is 0.368. The number of fused-ring (bicyclic) bond motifs is 1. The number of aromatic nitrogens is 4. The zero-order chi connectivity index (χ0) is 19.0. The van der Waals surface area contributed by atoms with Gasteiger partial charge < -0.3 is 14.2 Å². The van der Waals surface area contributed by atoms with Crippen LogP contribution in [0.1, 0.15) is 35.1 Å². The number of ether oxygens (including phenoxy) is 1. The summed E-state index contributed by atoms with van der Waals surface area (Å²) in [5, 5.41) is 9.01. The second kappa shape index (κ2) is 7.11. The van der Waals surface area contributed by atoms with Gasteiger partial charge in [-0.3, -0.25) is 9.89 Å². The van der Waals surface area contributed by atoms with Crippen LogP contribution in [-0.2, 0) is 7.05 Å². The molecule has 3 heterocycles. The minimum atomic E-state index is -0.0828. The van der Waals surface area contributed by atoms with E-state index in [0.717, 1.165) is 29.4 Å². The molecule has 0 saturated carbocycles. The zero-order valence-corrected chi connectivity index (χ0v) is 16.1. The molecule has 1 saturated heterocycles. The highest BCUT2D eigenvalue weighted by Gasteiger charge is 2.29. The quantitative estimate of drug-likeness (QED) is 0.704. The first-order valence-corrected chi connectivity index (χ1v) is 9.33. The van der Waals surface area contributed by atoms with Crippen molar-refractivity contribution in [2.45, 2.75) is 18.8 Å². The van der Waals surface area contributed by atoms with Crippen LogP contribution < -0.4 is 4.74 Å². The molecule has 1 unspecified atom stereocenters. The van der Waals surface area contributed by atoms with Crippen LogP contribution in [0.4, 0.5) is 0 Å². The van der Waals surface area contributed by atoms with Gasteiger partial charge in [-0.25, -0.2) is 4.98 Å². The Hall–Kier alpha value is -2.74. The third-order valence-corrected chi connectivity index (χ3v) is 5.47. The predicted molar refractivity (Wildman–Crippen MR) is 105 cm³/mol. The number of H-pyrrole nitrogens is 1. The number of hydrogen-bond acceptors (Lipinski definition) is 5. The normalized spacial score (nSPS) is 17.3. The van der Waals surface area contributed by atoms with Crippen molar-refractivity contribution in [1.29, 1.82) is 0 Å². The Morgan fingerprint density at radius 2 is 2.19 bits per heavy atom. The number of piperidine rings is 1. The number of rotatable bonds is 3. The van der Waals surface area contributed by atoms with Gasteiger partial charge in [-0.1, -0.05) is 18.2 Å². The van der Waals surface area contributed by atoms with Gasteiger partial charge >= 0.3 is 0 Å². The van der Waals surface area contributed by atoms with Crippen LogP contribution >= 0.6 is 12.2 Å². The molecule has 1 fully saturated rings. The monoisotopic (exact) mass is 383 g/mol. The molecule has 0 spiro atoms. The summed E-state index contributed by atoms with van der Waals surface area (Å²) >= 11 is 5.21. The van der Waals surface area contributed by atoms with Gasteiger partial charge in [0, 0.05) is 31.4 Å². The second-order valence-electron chi connectivity index (χ2n) is 6.77. The van der Waals surface area contributed by atoms with Crippen molar-refractivity contribution in [2.24, 2.45) is 7.05 Å². The van der Waals surface area contributed by atoms with Crippen molar-refractivity contribution >= 4 is 28.9 Å². The molecule has 1 atom stereocenters. The van der Waals surface area contributed by atoms with Gasteiger partial charge in [0.05, 0.1) is 7.11 Å². The summed E-state index contributed by atoms with van der Waals surface area (Å²) in [6.07, 6.45) is 1.90. The molecular weight excluding hydrogens is 362 g/mol. The summed E-state index contributed by atoms with van der Waals surface area (Å²) in [7, 11) is 3.47. The minimum absolute atomic E-state index is 0.0828. The largest absolute Gasteiger partial charge is 0.481 e. The van der Waals surface area contributed by atoms with Gasteiger partial charge in [-0.05, 0) is 42.6 Å². The fourth-order valence-corrected chi connectivity index (χ4v) is 3.83. The van der Waals surface area contributed by atoms with Gasteiger partial charge in [0.15, 0.2) is 4.77 Å². The van der Waals surface area contributed by atoms with Crippen LogP contribution in [0.15, 0.2) is 30.3 Å². The van der Waals surface area contributed by atoms with E-state index < -0.39 is 0 Å². The van der Waals surface area contributed by atoms with Crippen molar-refractivity contribution in [3.05, 3.63) is 46.6 Å². The van der Waals surface area contributed by atoms with E-state index in [2.05, 4.69) is 15.2 Å².